The van der Waals surface area contributed by atoms with E-state index in [2.05, 4.69) is 4.74 Å². The summed E-state index contributed by atoms with van der Waals surface area (Å²) in [6.07, 6.45) is 0.0901. The second-order valence-electron chi connectivity index (χ2n) is 3.26. The van der Waals surface area contributed by atoms with Gasteiger partial charge in [-0.2, -0.15) is 0 Å². The van der Waals surface area contributed by atoms with Gasteiger partial charge in [-0.25, -0.2) is 0 Å². The average molecular weight is 240 g/mol. The molecule has 0 unspecified atom stereocenters. The molecule has 0 radical (unpaired) electrons. The fourth-order valence-corrected chi connectivity index (χ4v) is 1.47. The van der Waals surface area contributed by atoms with Crippen LogP contribution in [0.1, 0.15) is 5.56 Å². The Kier molecular flexibility index (Phi) is 4.63. The van der Waals surface area contributed by atoms with E-state index >= 15 is 0 Å². The zero-order valence-corrected chi connectivity index (χ0v) is 10.4. The Balaban J connectivity index is 3.19. The highest BCUT2D eigenvalue weighted by molar-refractivity contribution is 5.75. The van der Waals surface area contributed by atoms with E-state index in [1.807, 2.05) is 0 Å². The quantitative estimate of drug-likeness (QED) is 0.729. The Morgan fingerprint density at radius 2 is 1.53 bits per heavy atom. The molecule has 0 saturated carbocycles. The van der Waals surface area contributed by atoms with Gasteiger partial charge in [0.25, 0.3) is 0 Å². The van der Waals surface area contributed by atoms with Crippen molar-refractivity contribution in [3.8, 4) is 17.2 Å². The minimum Gasteiger partial charge on any atom is -0.496 e. The molecule has 0 atom stereocenters. The lowest BCUT2D eigenvalue weighted by Crippen LogP contribution is -2.07. The summed E-state index contributed by atoms with van der Waals surface area (Å²) in [6, 6.07) is 3.39. The van der Waals surface area contributed by atoms with Gasteiger partial charge in [0.2, 0.25) is 0 Å². The molecule has 1 aromatic rings. The Labute approximate surface area is 100 Å². The zero-order chi connectivity index (χ0) is 12.8. The largest absolute Gasteiger partial charge is 0.496 e. The predicted octanol–water partition coefficient (Wildman–Crippen LogP) is 1.43. The fraction of sp³-hybridized carbons (Fsp3) is 0.417. The number of carbonyl (C=O) groups excluding carboxylic acids is 1. The number of esters is 1. The number of carbonyl (C=O) groups is 1. The Morgan fingerprint density at radius 1 is 1.00 bits per heavy atom. The van der Waals surface area contributed by atoms with Crippen molar-refractivity contribution in [2.75, 3.05) is 28.4 Å². The lowest BCUT2D eigenvalue weighted by molar-refractivity contribution is -0.139. The molecule has 94 valence electrons. The van der Waals surface area contributed by atoms with Crippen molar-refractivity contribution in [3.63, 3.8) is 0 Å². The summed E-state index contributed by atoms with van der Waals surface area (Å²) >= 11 is 0. The molecule has 0 aromatic heterocycles. The van der Waals surface area contributed by atoms with Crippen LogP contribution in [0.15, 0.2) is 12.1 Å². The highest BCUT2D eigenvalue weighted by Crippen LogP contribution is 2.34. The predicted molar refractivity (Wildman–Crippen MR) is 61.8 cm³/mol. The van der Waals surface area contributed by atoms with E-state index in [0.717, 1.165) is 0 Å². The lowest BCUT2D eigenvalue weighted by Gasteiger charge is -2.14. The second kappa shape index (κ2) is 5.98. The van der Waals surface area contributed by atoms with E-state index in [1.165, 1.54) is 21.3 Å². The zero-order valence-electron chi connectivity index (χ0n) is 10.4. The van der Waals surface area contributed by atoms with E-state index < -0.39 is 0 Å². The third kappa shape index (κ3) is 3.03. The first kappa shape index (κ1) is 13.2. The number of benzene rings is 1. The molecule has 5 heteroatoms. The number of methoxy groups -OCH3 is 4. The van der Waals surface area contributed by atoms with Gasteiger partial charge in [0, 0.05) is 17.7 Å². The molecule has 0 N–H and O–H groups in total. The first-order valence-electron chi connectivity index (χ1n) is 5.02. The number of rotatable bonds is 5. The molecular formula is C12H16O5. The third-order valence-electron chi connectivity index (χ3n) is 2.37. The van der Waals surface area contributed by atoms with Crippen molar-refractivity contribution in [3.05, 3.63) is 17.7 Å². The van der Waals surface area contributed by atoms with Crippen molar-refractivity contribution in [1.29, 1.82) is 0 Å². The summed E-state index contributed by atoms with van der Waals surface area (Å²) in [4.78, 5) is 11.3. The summed E-state index contributed by atoms with van der Waals surface area (Å²) in [5.41, 5.74) is 0.641. The molecule has 0 heterocycles. The highest BCUT2D eigenvalue weighted by atomic mass is 16.5. The average Bonchev–Trinajstić information content (AvgIpc) is 2.38. The third-order valence-corrected chi connectivity index (χ3v) is 2.37. The minimum absolute atomic E-state index is 0.0901. The standard InChI is InChI=1S/C12H16O5/c1-14-8-5-10(15-2)9(7-12(13)17-4)11(6-8)16-3/h5-6H,7H2,1-4H3. The molecule has 1 aromatic carbocycles. The maximum Gasteiger partial charge on any atom is 0.310 e. The van der Waals surface area contributed by atoms with Crippen molar-refractivity contribution >= 4 is 5.97 Å². The van der Waals surface area contributed by atoms with E-state index in [0.29, 0.717) is 22.8 Å². The number of hydrogen-bond donors (Lipinski definition) is 0. The van der Waals surface area contributed by atoms with Gasteiger partial charge in [0.1, 0.15) is 17.2 Å². The maximum atomic E-state index is 11.3. The summed E-state index contributed by atoms with van der Waals surface area (Å²) in [5.74, 6) is 1.32. The van der Waals surface area contributed by atoms with Crippen molar-refractivity contribution in [2.45, 2.75) is 6.42 Å². The maximum absolute atomic E-state index is 11.3. The molecule has 0 aliphatic carbocycles. The van der Waals surface area contributed by atoms with Gasteiger partial charge in [-0.1, -0.05) is 0 Å². The van der Waals surface area contributed by atoms with E-state index in [-0.39, 0.29) is 12.4 Å². The normalized spacial score (nSPS) is 9.65. The fourth-order valence-electron chi connectivity index (χ4n) is 1.47. The summed E-state index contributed by atoms with van der Waals surface area (Å²) < 4.78 is 20.2. The Hall–Kier alpha value is -1.91. The molecular weight excluding hydrogens is 224 g/mol. The van der Waals surface area contributed by atoms with E-state index in [9.17, 15) is 4.79 Å². The summed E-state index contributed by atoms with van der Waals surface area (Å²) in [5, 5.41) is 0. The smallest absolute Gasteiger partial charge is 0.310 e. The van der Waals surface area contributed by atoms with Gasteiger partial charge in [0.05, 0.1) is 34.9 Å². The molecule has 1 rings (SSSR count). The molecule has 0 fully saturated rings. The molecule has 0 saturated heterocycles. The number of hydrogen-bond acceptors (Lipinski definition) is 5. The Morgan fingerprint density at radius 3 is 1.88 bits per heavy atom. The van der Waals surface area contributed by atoms with Crippen LogP contribution in [0.25, 0.3) is 0 Å². The van der Waals surface area contributed by atoms with Gasteiger partial charge < -0.3 is 18.9 Å². The first-order chi connectivity index (χ1) is 8.15. The van der Waals surface area contributed by atoms with E-state index in [4.69, 9.17) is 14.2 Å². The topological polar surface area (TPSA) is 54.0 Å². The molecule has 17 heavy (non-hydrogen) atoms. The highest BCUT2D eigenvalue weighted by Gasteiger charge is 2.16. The van der Waals surface area contributed by atoms with Gasteiger partial charge in [-0.3, -0.25) is 4.79 Å². The van der Waals surface area contributed by atoms with Crippen molar-refractivity contribution in [1.82, 2.24) is 0 Å². The molecule has 5 nitrogen and oxygen atoms in total. The minimum atomic E-state index is -0.355. The Bertz CT molecular complexity index is 375. The van der Waals surface area contributed by atoms with Gasteiger partial charge in [-0.15, -0.1) is 0 Å². The van der Waals surface area contributed by atoms with E-state index in [1.54, 1.807) is 19.2 Å². The van der Waals surface area contributed by atoms with Gasteiger partial charge in [-0.05, 0) is 0 Å². The number of ether oxygens (including phenoxy) is 4. The van der Waals surface area contributed by atoms with Crippen LogP contribution in [0.4, 0.5) is 0 Å². The first-order valence-corrected chi connectivity index (χ1v) is 5.02. The SMILES string of the molecule is COC(=O)Cc1c(OC)cc(OC)cc1OC. The molecule has 0 aliphatic heterocycles. The van der Waals surface area contributed by atoms with Crippen LogP contribution >= 0.6 is 0 Å². The van der Waals surface area contributed by atoms with Crippen LogP contribution in [-0.2, 0) is 16.0 Å². The van der Waals surface area contributed by atoms with Crippen LogP contribution in [-0.4, -0.2) is 34.4 Å². The van der Waals surface area contributed by atoms with Gasteiger partial charge in [0.15, 0.2) is 0 Å². The summed E-state index contributed by atoms with van der Waals surface area (Å²) in [6.45, 7) is 0. The van der Waals surface area contributed by atoms with Gasteiger partial charge >= 0.3 is 5.97 Å². The molecule has 0 spiro atoms. The summed E-state index contributed by atoms with van der Waals surface area (Å²) in [7, 11) is 5.93. The molecule has 0 aliphatic rings. The second-order valence-corrected chi connectivity index (χ2v) is 3.26. The van der Waals surface area contributed by atoms with Crippen LogP contribution in [0.3, 0.4) is 0 Å². The molecule has 0 amide bonds. The van der Waals surface area contributed by atoms with Crippen LogP contribution in [0.2, 0.25) is 0 Å². The van der Waals surface area contributed by atoms with Crippen molar-refractivity contribution in [2.24, 2.45) is 0 Å². The van der Waals surface area contributed by atoms with Crippen LogP contribution in [0, 0.1) is 0 Å². The van der Waals surface area contributed by atoms with Crippen molar-refractivity contribution < 1.29 is 23.7 Å². The lowest BCUT2D eigenvalue weighted by atomic mass is 10.1. The monoisotopic (exact) mass is 240 g/mol. The van der Waals surface area contributed by atoms with Crippen LogP contribution < -0.4 is 14.2 Å². The molecule has 0 bridgehead atoms. The van der Waals surface area contributed by atoms with Crippen LogP contribution in [0.5, 0.6) is 17.2 Å².